The Bertz CT molecular complexity index is 1070. The van der Waals surface area contributed by atoms with E-state index in [9.17, 15) is 9.90 Å². The minimum absolute atomic E-state index is 0.443. The molecule has 3 aromatic carbocycles. The molecule has 0 aliphatic rings. The van der Waals surface area contributed by atoms with Crippen LogP contribution in [0.15, 0.2) is 60.7 Å². The van der Waals surface area contributed by atoms with Crippen LogP contribution in [0, 0.1) is 7.14 Å². The molecule has 3 rings (SSSR count). The van der Waals surface area contributed by atoms with E-state index < -0.39 is 18.2 Å². The Morgan fingerprint density at radius 3 is 2.06 bits per heavy atom. The van der Waals surface area contributed by atoms with Gasteiger partial charge in [0, 0.05) is 0 Å². The molecule has 0 saturated carbocycles. The minimum atomic E-state index is -1.18. The number of nitrogens with one attached hydrogen (secondary N) is 1. The molecule has 0 aromatic heterocycles. The van der Waals surface area contributed by atoms with Gasteiger partial charge in [-0.2, -0.15) is 0 Å². The third-order valence-corrected chi connectivity index (χ3v) is 6.40. The van der Waals surface area contributed by atoms with Crippen molar-refractivity contribution in [3.05, 3.63) is 78.9 Å². The number of aliphatic hydroxyl groups excluding tert-OH is 1. The third-order valence-electron chi connectivity index (χ3n) is 4.80. The predicted octanol–water partition coefficient (Wildman–Crippen LogP) is 5.97. The van der Waals surface area contributed by atoms with Crippen LogP contribution in [-0.4, -0.2) is 29.5 Å². The highest BCUT2D eigenvalue weighted by atomic mass is 127. The van der Waals surface area contributed by atoms with Gasteiger partial charge in [-0.05, 0) is 112 Å². The standard InChI is InChI=1S/C24H23I2NO6/c1-14(27-24(29)30)22(28)16-11-20(25)23(21(26)12-16)33-19-9-7-18(8-10-19)32-13-15-3-5-17(31-2)6-4-15/h3-12,14,22,27-28H,13H2,1-2H3,(H,29,30). The Kier molecular flexibility index (Phi) is 9.03. The van der Waals surface area contributed by atoms with Crippen molar-refractivity contribution in [3.63, 3.8) is 0 Å². The molecule has 1 amide bonds. The first-order valence-corrected chi connectivity index (χ1v) is 12.1. The summed E-state index contributed by atoms with van der Waals surface area (Å²) in [6, 6.07) is 18.0. The molecule has 9 heteroatoms. The molecule has 0 bridgehead atoms. The molecule has 0 radical (unpaired) electrons. The summed E-state index contributed by atoms with van der Waals surface area (Å²) < 4.78 is 18.7. The second kappa shape index (κ2) is 11.7. The number of amides is 1. The molecule has 7 nitrogen and oxygen atoms in total. The number of methoxy groups -OCH3 is 1. The third kappa shape index (κ3) is 7.11. The Morgan fingerprint density at radius 2 is 1.52 bits per heavy atom. The molecule has 0 heterocycles. The van der Waals surface area contributed by atoms with E-state index in [1.165, 1.54) is 0 Å². The summed E-state index contributed by atoms with van der Waals surface area (Å²) >= 11 is 4.28. The van der Waals surface area contributed by atoms with Crippen molar-refractivity contribution >= 4 is 51.3 Å². The van der Waals surface area contributed by atoms with Crippen LogP contribution >= 0.6 is 45.2 Å². The monoisotopic (exact) mass is 675 g/mol. The van der Waals surface area contributed by atoms with E-state index >= 15 is 0 Å². The van der Waals surface area contributed by atoms with Crippen LogP contribution in [0.4, 0.5) is 4.79 Å². The lowest BCUT2D eigenvalue weighted by Crippen LogP contribution is -2.36. The zero-order chi connectivity index (χ0) is 24.0. The average molecular weight is 675 g/mol. The molecule has 3 N–H and O–H groups in total. The fourth-order valence-electron chi connectivity index (χ4n) is 3.02. The van der Waals surface area contributed by atoms with Crippen molar-refractivity contribution in [1.29, 1.82) is 0 Å². The number of carboxylic acid groups (broad SMARTS) is 1. The maximum atomic E-state index is 10.8. The number of aliphatic hydroxyl groups is 1. The molecule has 2 atom stereocenters. The largest absolute Gasteiger partial charge is 0.497 e. The first kappa shape index (κ1) is 25.4. The summed E-state index contributed by atoms with van der Waals surface area (Å²) in [5, 5.41) is 21.6. The van der Waals surface area contributed by atoms with Crippen molar-refractivity contribution in [1.82, 2.24) is 5.32 Å². The van der Waals surface area contributed by atoms with E-state index in [1.54, 1.807) is 26.2 Å². The van der Waals surface area contributed by atoms with Crippen LogP contribution in [0.25, 0.3) is 0 Å². The van der Waals surface area contributed by atoms with E-state index in [1.807, 2.05) is 48.5 Å². The van der Waals surface area contributed by atoms with Crippen molar-refractivity contribution in [2.75, 3.05) is 7.11 Å². The van der Waals surface area contributed by atoms with E-state index in [4.69, 9.17) is 19.3 Å². The molecule has 3 aromatic rings. The van der Waals surface area contributed by atoms with Crippen molar-refractivity contribution in [2.24, 2.45) is 0 Å². The van der Waals surface area contributed by atoms with E-state index in [2.05, 4.69) is 50.5 Å². The fourth-order valence-corrected chi connectivity index (χ4v) is 5.06. The smallest absolute Gasteiger partial charge is 0.404 e. The van der Waals surface area contributed by atoms with Crippen LogP contribution in [0.5, 0.6) is 23.0 Å². The van der Waals surface area contributed by atoms with Gasteiger partial charge in [-0.1, -0.05) is 12.1 Å². The highest BCUT2D eigenvalue weighted by Crippen LogP contribution is 2.35. The maximum Gasteiger partial charge on any atom is 0.404 e. The summed E-state index contributed by atoms with van der Waals surface area (Å²) in [6.07, 6.45) is -2.15. The molecule has 0 saturated heterocycles. The van der Waals surface area contributed by atoms with E-state index in [-0.39, 0.29) is 0 Å². The Labute approximate surface area is 219 Å². The van der Waals surface area contributed by atoms with Crippen molar-refractivity contribution in [2.45, 2.75) is 25.7 Å². The van der Waals surface area contributed by atoms with Crippen LogP contribution in [0.3, 0.4) is 0 Å². The first-order chi connectivity index (χ1) is 15.8. The Morgan fingerprint density at radius 1 is 0.970 bits per heavy atom. The molecule has 33 heavy (non-hydrogen) atoms. The maximum absolute atomic E-state index is 10.8. The highest BCUT2D eigenvalue weighted by molar-refractivity contribution is 14.1. The number of benzene rings is 3. The summed E-state index contributed by atoms with van der Waals surface area (Å²) in [7, 11) is 1.63. The predicted molar refractivity (Wildman–Crippen MR) is 141 cm³/mol. The van der Waals surface area contributed by atoms with Crippen LogP contribution in [0.1, 0.15) is 24.2 Å². The molecule has 0 fully saturated rings. The summed E-state index contributed by atoms with van der Waals surface area (Å²) in [4.78, 5) is 10.8. The van der Waals surface area contributed by atoms with Gasteiger partial charge in [0.1, 0.15) is 23.9 Å². The second-order valence-corrected chi connectivity index (χ2v) is 9.53. The van der Waals surface area contributed by atoms with Crippen LogP contribution in [0.2, 0.25) is 0 Å². The second-order valence-electron chi connectivity index (χ2n) is 7.21. The van der Waals surface area contributed by atoms with E-state index in [0.29, 0.717) is 23.7 Å². The number of carbonyl (C=O) groups is 1. The molecule has 174 valence electrons. The van der Waals surface area contributed by atoms with Gasteiger partial charge in [0.25, 0.3) is 0 Å². The molecular weight excluding hydrogens is 652 g/mol. The molecule has 0 spiro atoms. The Hall–Kier alpha value is -2.25. The van der Waals surface area contributed by atoms with Gasteiger partial charge in [0.15, 0.2) is 5.75 Å². The summed E-state index contributed by atoms with van der Waals surface area (Å²) in [5.74, 6) is 2.84. The number of hydrogen-bond donors (Lipinski definition) is 3. The minimum Gasteiger partial charge on any atom is -0.497 e. The van der Waals surface area contributed by atoms with E-state index in [0.717, 1.165) is 24.2 Å². The SMILES string of the molecule is COc1ccc(COc2ccc(Oc3c(I)cc(C(O)C(C)NC(=O)O)cc3I)cc2)cc1. The van der Waals surface area contributed by atoms with Crippen LogP contribution < -0.4 is 19.5 Å². The van der Waals surface area contributed by atoms with Gasteiger partial charge >= 0.3 is 6.09 Å². The topological polar surface area (TPSA) is 97.3 Å². The molecular formula is C24H23I2NO6. The first-order valence-electron chi connectivity index (χ1n) is 9.97. The van der Waals surface area contributed by atoms with Crippen molar-refractivity contribution < 1.29 is 29.2 Å². The zero-order valence-electron chi connectivity index (χ0n) is 17.9. The fraction of sp³-hybridized carbons (Fsp3) is 0.208. The number of rotatable bonds is 9. The van der Waals surface area contributed by atoms with Gasteiger partial charge in [0.2, 0.25) is 0 Å². The normalized spacial score (nSPS) is 12.5. The lowest BCUT2D eigenvalue weighted by molar-refractivity contribution is 0.127. The number of hydrogen-bond acceptors (Lipinski definition) is 5. The summed E-state index contributed by atoms with van der Waals surface area (Å²) in [5.41, 5.74) is 1.65. The summed E-state index contributed by atoms with van der Waals surface area (Å²) in [6.45, 7) is 2.06. The zero-order valence-corrected chi connectivity index (χ0v) is 22.2. The van der Waals surface area contributed by atoms with Gasteiger partial charge in [-0.25, -0.2) is 4.79 Å². The molecule has 0 aliphatic heterocycles. The van der Waals surface area contributed by atoms with Gasteiger partial charge in [-0.3, -0.25) is 0 Å². The van der Waals surface area contributed by atoms with Gasteiger partial charge in [-0.15, -0.1) is 0 Å². The average Bonchev–Trinajstić information content (AvgIpc) is 2.80. The van der Waals surface area contributed by atoms with Crippen LogP contribution in [-0.2, 0) is 6.61 Å². The Balaban J connectivity index is 1.64. The molecule has 0 aliphatic carbocycles. The lowest BCUT2D eigenvalue weighted by Gasteiger charge is -2.20. The lowest BCUT2D eigenvalue weighted by atomic mass is 10.0. The molecule has 2 unspecified atom stereocenters. The number of ether oxygens (including phenoxy) is 3. The van der Waals surface area contributed by atoms with Gasteiger partial charge in [0.05, 0.1) is 26.4 Å². The van der Waals surface area contributed by atoms with Gasteiger partial charge < -0.3 is 29.7 Å². The highest BCUT2D eigenvalue weighted by Gasteiger charge is 2.21. The van der Waals surface area contributed by atoms with Crippen molar-refractivity contribution in [3.8, 4) is 23.0 Å². The number of halogens is 2. The quantitative estimate of drug-likeness (QED) is 0.242.